The van der Waals surface area contributed by atoms with Crippen molar-refractivity contribution in [2.75, 3.05) is 13.2 Å². The Bertz CT molecular complexity index is 691. The van der Waals surface area contributed by atoms with Crippen molar-refractivity contribution in [2.45, 2.75) is 33.2 Å². The van der Waals surface area contributed by atoms with Crippen LogP contribution in [0.25, 0.3) is 0 Å². The molecule has 1 aromatic rings. The Balaban J connectivity index is 2.55. The summed E-state index contributed by atoms with van der Waals surface area (Å²) >= 11 is 5.35. The predicted molar refractivity (Wildman–Crippen MR) is 91.2 cm³/mol. The molecule has 7 heteroatoms. The van der Waals surface area contributed by atoms with E-state index >= 15 is 0 Å². The highest BCUT2D eigenvalue weighted by atomic mass is 32.1. The molecule has 2 rings (SSSR count). The Morgan fingerprint density at radius 1 is 1.38 bits per heavy atom. The normalized spacial score (nSPS) is 17.8. The van der Waals surface area contributed by atoms with Gasteiger partial charge in [0.2, 0.25) is 0 Å². The average molecular weight is 354 g/mol. The van der Waals surface area contributed by atoms with E-state index in [0.29, 0.717) is 17.4 Å². The third kappa shape index (κ3) is 3.56. The number of allylic oxidation sites excluding steroid dienone is 1. The first-order valence-corrected chi connectivity index (χ1v) is 8.22. The molecule has 0 saturated heterocycles. The number of esters is 1. The molecule has 4 nitrogen and oxygen atoms in total. The van der Waals surface area contributed by atoms with Crippen LogP contribution in [0.2, 0.25) is 0 Å². The van der Waals surface area contributed by atoms with Crippen molar-refractivity contribution in [3.63, 3.8) is 0 Å². The number of rotatable bonds is 5. The maximum atomic E-state index is 14.2. The third-order valence-corrected chi connectivity index (χ3v) is 4.15. The first-order chi connectivity index (χ1) is 11.4. The molecule has 24 heavy (non-hydrogen) atoms. The number of nitrogens with one attached hydrogen (secondary N) is 1. The smallest absolute Gasteiger partial charge is 0.338 e. The van der Waals surface area contributed by atoms with Crippen molar-refractivity contribution < 1.29 is 18.3 Å². The van der Waals surface area contributed by atoms with Gasteiger partial charge in [-0.05, 0) is 38.6 Å². The van der Waals surface area contributed by atoms with Gasteiger partial charge in [-0.3, -0.25) is 0 Å². The van der Waals surface area contributed by atoms with E-state index in [1.807, 2.05) is 6.92 Å². The number of carbonyl (C=O) groups is 1. The minimum atomic E-state index is -0.815. The van der Waals surface area contributed by atoms with Gasteiger partial charge in [0.05, 0.1) is 18.2 Å². The molecule has 0 aliphatic carbocycles. The fourth-order valence-corrected chi connectivity index (χ4v) is 3.06. The molecular formula is C17H20F2N2O2S. The molecule has 0 amide bonds. The van der Waals surface area contributed by atoms with Gasteiger partial charge in [-0.2, -0.15) is 0 Å². The number of hydrogen-bond acceptors (Lipinski definition) is 3. The summed E-state index contributed by atoms with van der Waals surface area (Å²) < 4.78 is 32.6. The summed E-state index contributed by atoms with van der Waals surface area (Å²) in [7, 11) is 0. The second kappa shape index (κ2) is 7.70. The van der Waals surface area contributed by atoms with Gasteiger partial charge in [-0.25, -0.2) is 13.6 Å². The first-order valence-electron chi connectivity index (χ1n) is 7.81. The van der Waals surface area contributed by atoms with E-state index in [9.17, 15) is 13.6 Å². The van der Waals surface area contributed by atoms with E-state index in [4.69, 9.17) is 17.0 Å². The van der Waals surface area contributed by atoms with Crippen molar-refractivity contribution in [1.82, 2.24) is 10.2 Å². The van der Waals surface area contributed by atoms with Crippen molar-refractivity contribution in [3.8, 4) is 0 Å². The van der Waals surface area contributed by atoms with E-state index < -0.39 is 23.6 Å². The van der Waals surface area contributed by atoms with Gasteiger partial charge < -0.3 is 15.0 Å². The maximum absolute atomic E-state index is 14.2. The molecule has 1 atom stereocenters. The van der Waals surface area contributed by atoms with Crippen molar-refractivity contribution in [2.24, 2.45) is 0 Å². The fraction of sp³-hybridized carbons (Fsp3) is 0.412. The monoisotopic (exact) mass is 354 g/mol. The Kier molecular flexibility index (Phi) is 5.88. The highest BCUT2D eigenvalue weighted by Crippen LogP contribution is 2.33. The molecule has 0 aromatic heterocycles. The number of halogens is 2. The van der Waals surface area contributed by atoms with E-state index in [1.165, 1.54) is 6.07 Å². The lowest BCUT2D eigenvalue weighted by Gasteiger charge is -2.37. The molecule has 0 radical (unpaired) electrons. The van der Waals surface area contributed by atoms with Gasteiger partial charge in [0.15, 0.2) is 5.11 Å². The minimum absolute atomic E-state index is 0.150. The molecule has 0 bridgehead atoms. The van der Waals surface area contributed by atoms with Crippen molar-refractivity contribution >= 4 is 23.3 Å². The highest BCUT2D eigenvalue weighted by Gasteiger charge is 2.35. The number of hydrogen-bond donors (Lipinski definition) is 1. The first kappa shape index (κ1) is 18.3. The van der Waals surface area contributed by atoms with Gasteiger partial charge in [-0.15, -0.1) is 0 Å². The van der Waals surface area contributed by atoms with Crippen LogP contribution in [0, 0.1) is 11.6 Å². The molecule has 0 saturated carbocycles. The number of carbonyl (C=O) groups excluding carboxylic acids is 1. The molecule has 1 N–H and O–H groups in total. The second-order valence-electron chi connectivity index (χ2n) is 5.42. The van der Waals surface area contributed by atoms with E-state index in [-0.39, 0.29) is 17.7 Å². The summed E-state index contributed by atoms with van der Waals surface area (Å²) in [4.78, 5) is 14.2. The highest BCUT2D eigenvalue weighted by molar-refractivity contribution is 7.80. The van der Waals surface area contributed by atoms with Gasteiger partial charge in [-0.1, -0.05) is 13.0 Å². The summed E-state index contributed by atoms with van der Waals surface area (Å²) in [6.07, 6.45) is 0.824. The SMILES string of the molecule is CCCN1C(=S)NC(c2ccc(F)cc2F)C(C(=O)OCC)=C1C. The summed E-state index contributed by atoms with van der Waals surface area (Å²) in [6, 6.07) is 2.44. The van der Waals surface area contributed by atoms with Crippen LogP contribution in [0.5, 0.6) is 0 Å². The Hall–Kier alpha value is -2.02. The topological polar surface area (TPSA) is 41.6 Å². The van der Waals surface area contributed by atoms with E-state index in [1.54, 1.807) is 18.7 Å². The lowest BCUT2D eigenvalue weighted by atomic mass is 9.94. The second-order valence-corrected chi connectivity index (χ2v) is 5.81. The number of benzene rings is 1. The van der Waals surface area contributed by atoms with Crippen LogP contribution in [0.4, 0.5) is 8.78 Å². The summed E-state index contributed by atoms with van der Waals surface area (Å²) in [5, 5.41) is 3.38. The number of thiocarbonyl (C=S) groups is 1. The van der Waals surface area contributed by atoms with Gasteiger partial charge in [0.25, 0.3) is 0 Å². The molecule has 0 fully saturated rings. The molecule has 130 valence electrons. The largest absolute Gasteiger partial charge is 0.463 e. The molecule has 1 aliphatic heterocycles. The zero-order chi connectivity index (χ0) is 17.9. The Morgan fingerprint density at radius 2 is 2.08 bits per heavy atom. The summed E-state index contributed by atoms with van der Waals surface area (Å²) in [6.45, 7) is 6.27. The lowest BCUT2D eigenvalue weighted by molar-refractivity contribution is -0.139. The van der Waals surface area contributed by atoms with Crippen LogP contribution < -0.4 is 5.32 Å². The average Bonchev–Trinajstić information content (AvgIpc) is 2.51. The van der Waals surface area contributed by atoms with Crippen LogP contribution in [0.3, 0.4) is 0 Å². The number of nitrogens with zero attached hydrogens (tertiary/aromatic N) is 1. The minimum Gasteiger partial charge on any atom is -0.463 e. The molecule has 1 unspecified atom stereocenters. The molecule has 1 aromatic carbocycles. The van der Waals surface area contributed by atoms with Crippen molar-refractivity contribution in [1.29, 1.82) is 0 Å². The molecule has 1 heterocycles. The number of ether oxygens (including phenoxy) is 1. The maximum Gasteiger partial charge on any atom is 0.338 e. The van der Waals surface area contributed by atoms with Crippen LogP contribution in [-0.2, 0) is 9.53 Å². The van der Waals surface area contributed by atoms with E-state index in [0.717, 1.165) is 18.6 Å². The van der Waals surface area contributed by atoms with Crippen LogP contribution >= 0.6 is 12.2 Å². The van der Waals surface area contributed by atoms with Gasteiger partial charge >= 0.3 is 5.97 Å². The van der Waals surface area contributed by atoms with Crippen LogP contribution in [0.1, 0.15) is 38.8 Å². The van der Waals surface area contributed by atoms with Gasteiger partial charge in [0.1, 0.15) is 11.6 Å². The fourth-order valence-electron chi connectivity index (χ4n) is 2.72. The summed E-state index contributed by atoms with van der Waals surface area (Å²) in [5.74, 6) is -1.96. The van der Waals surface area contributed by atoms with Crippen molar-refractivity contribution in [3.05, 3.63) is 46.7 Å². The van der Waals surface area contributed by atoms with Crippen LogP contribution in [0.15, 0.2) is 29.5 Å². The summed E-state index contributed by atoms with van der Waals surface area (Å²) in [5.41, 5.74) is 1.05. The molecule has 1 aliphatic rings. The Labute approximate surface area is 145 Å². The lowest BCUT2D eigenvalue weighted by Crippen LogP contribution is -2.48. The zero-order valence-corrected chi connectivity index (χ0v) is 14.7. The third-order valence-electron chi connectivity index (χ3n) is 3.81. The molecule has 0 spiro atoms. The molecular weight excluding hydrogens is 334 g/mol. The van der Waals surface area contributed by atoms with Gasteiger partial charge in [0, 0.05) is 23.9 Å². The van der Waals surface area contributed by atoms with Crippen LogP contribution in [-0.4, -0.2) is 29.1 Å². The zero-order valence-electron chi connectivity index (χ0n) is 13.9. The quantitative estimate of drug-likeness (QED) is 0.648. The van der Waals surface area contributed by atoms with E-state index in [2.05, 4.69) is 5.32 Å². The standard InChI is InChI=1S/C17H20F2N2O2S/c1-4-8-21-10(3)14(16(22)23-5-2)15(20-17(21)24)12-7-6-11(18)9-13(12)19/h6-7,9,15H,4-5,8H2,1-3H3,(H,20,24). The predicted octanol–water partition coefficient (Wildman–Crippen LogP) is 3.44. The Morgan fingerprint density at radius 3 is 2.67 bits per heavy atom.